The first-order valence-corrected chi connectivity index (χ1v) is 19.0. The third kappa shape index (κ3) is 6.03. The molecule has 6 nitrogen and oxygen atoms in total. The summed E-state index contributed by atoms with van der Waals surface area (Å²) < 4.78 is 0. The minimum atomic E-state index is 0.767. The van der Waals surface area contributed by atoms with E-state index in [0.717, 1.165) is 70.1 Å². The van der Waals surface area contributed by atoms with E-state index in [1.54, 1.807) is 6.33 Å². The van der Waals surface area contributed by atoms with Gasteiger partial charge < -0.3 is 19.6 Å². The monoisotopic (exact) mass is 722 g/mol. The van der Waals surface area contributed by atoms with Crippen molar-refractivity contribution in [3.05, 3.63) is 207 Å². The maximum Gasteiger partial charge on any atom is 0.160 e. The molecule has 0 fully saturated rings. The van der Waals surface area contributed by atoms with E-state index >= 15 is 0 Å². The molecule has 10 rings (SSSR count). The van der Waals surface area contributed by atoms with Crippen LogP contribution in [0.15, 0.2) is 207 Å². The van der Waals surface area contributed by atoms with Crippen LogP contribution in [-0.4, -0.2) is 23.1 Å². The van der Waals surface area contributed by atoms with Gasteiger partial charge in [0.1, 0.15) is 12.0 Å². The average Bonchev–Trinajstić information content (AvgIpc) is 3.28. The van der Waals surface area contributed by atoms with Crippen LogP contribution >= 0.6 is 0 Å². The fraction of sp³-hybridized carbons (Fsp3) is 0.0400. The number of fused-ring (bicyclic) bond motifs is 3. The molecular weight excluding hydrogens is 685 g/mol. The van der Waals surface area contributed by atoms with E-state index in [-0.39, 0.29) is 0 Å². The van der Waals surface area contributed by atoms with E-state index in [1.165, 1.54) is 21.5 Å². The molecule has 1 aromatic heterocycles. The largest absolute Gasteiger partial charge is 0.335 e. The summed E-state index contributed by atoms with van der Waals surface area (Å²) in [7, 11) is 0. The second-order valence-corrected chi connectivity index (χ2v) is 13.9. The Morgan fingerprint density at radius 2 is 0.821 bits per heavy atom. The first kappa shape index (κ1) is 33.2. The summed E-state index contributed by atoms with van der Waals surface area (Å²) in [6, 6.07) is 69.0. The van der Waals surface area contributed by atoms with E-state index in [4.69, 9.17) is 4.98 Å². The zero-order valence-electron chi connectivity index (χ0n) is 30.7. The van der Waals surface area contributed by atoms with Crippen molar-refractivity contribution in [2.24, 2.45) is 0 Å². The number of para-hydroxylation sites is 2. The highest BCUT2D eigenvalue weighted by molar-refractivity contribution is 6.00. The van der Waals surface area contributed by atoms with Crippen molar-refractivity contribution in [2.45, 2.75) is 0 Å². The van der Waals surface area contributed by atoms with Gasteiger partial charge in [0, 0.05) is 58.0 Å². The maximum atomic E-state index is 4.85. The number of anilines is 10. The topological polar surface area (TPSA) is 38.7 Å². The molecule has 2 heterocycles. The molecule has 0 aliphatic carbocycles. The molecule has 56 heavy (non-hydrogen) atoms. The molecule has 6 heteroatoms. The molecule has 0 amide bonds. The second-order valence-electron chi connectivity index (χ2n) is 13.9. The molecule has 0 spiro atoms. The highest BCUT2D eigenvalue weighted by Gasteiger charge is 2.27. The lowest BCUT2D eigenvalue weighted by molar-refractivity contribution is 0.825. The Balaban J connectivity index is 0.967. The minimum Gasteiger partial charge on any atom is -0.335 e. The van der Waals surface area contributed by atoms with Gasteiger partial charge in [0.2, 0.25) is 0 Å². The first-order chi connectivity index (χ1) is 27.8. The second kappa shape index (κ2) is 14.4. The lowest BCUT2D eigenvalue weighted by Gasteiger charge is -2.38. The number of nitrogens with zero attached hydrogens (tertiary/aromatic N) is 6. The van der Waals surface area contributed by atoms with Gasteiger partial charge in [-0.25, -0.2) is 9.97 Å². The Bertz CT molecular complexity index is 2570. The third-order valence-electron chi connectivity index (χ3n) is 10.6. The van der Waals surface area contributed by atoms with Gasteiger partial charge >= 0.3 is 0 Å². The summed E-state index contributed by atoms with van der Waals surface area (Å²) in [6.07, 6.45) is 3.58. The van der Waals surface area contributed by atoms with E-state index in [1.807, 2.05) is 6.20 Å². The predicted octanol–water partition coefficient (Wildman–Crippen LogP) is 13.0. The Morgan fingerprint density at radius 1 is 0.393 bits per heavy atom. The molecule has 268 valence electrons. The molecule has 1 aliphatic heterocycles. The molecule has 9 aromatic rings. The van der Waals surface area contributed by atoms with Crippen LogP contribution in [0.4, 0.5) is 57.0 Å². The van der Waals surface area contributed by atoms with Crippen molar-refractivity contribution in [1.82, 2.24) is 9.97 Å². The lowest BCUT2D eigenvalue weighted by atomic mass is 10.1. The van der Waals surface area contributed by atoms with Crippen molar-refractivity contribution in [3.63, 3.8) is 0 Å². The highest BCUT2D eigenvalue weighted by Crippen LogP contribution is 2.44. The molecule has 0 radical (unpaired) electrons. The first-order valence-electron chi connectivity index (χ1n) is 19.0. The molecule has 8 aromatic carbocycles. The molecule has 0 saturated heterocycles. The van der Waals surface area contributed by atoms with E-state index in [0.29, 0.717) is 0 Å². The van der Waals surface area contributed by atoms with Crippen LogP contribution in [0.25, 0.3) is 21.5 Å². The number of aromatic nitrogens is 2. The van der Waals surface area contributed by atoms with Crippen molar-refractivity contribution < 1.29 is 0 Å². The van der Waals surface area contributed by atoms with Gasteiger partial charge in [-0.2, -0.15) is 0 Å². The molecule has 0 saturated carbocycles. The van der Waals surface area contributed by atoms with Crippen LogP contribution in [-0.2, 0) is 0 Å². The van der Waals surface area contributed by atoms with Gasteiger partial charge in [-0.15, -0.1) is 0 Å². The van der Waals surface area contributed by atoms with Gasteiger partial charge in [-0.3, -0.25) is 0 Å². The molecule has 0 unspecified atom stereocenters. The SMILES string of the molecule is c1ccc(N(c2ccc(N3CCN(c4ccc(N(c5ccccc5)c5cccc6ccccc56)cc4)c4ncncc43)cc2)c2cccc3ccccc23)cc1. The molecule has 0 bridgehead atoms. The molecule has 0 N–H and O–H groups in total. The standard InChI is InChI=1S/C50H38N6/c1-3-17-41(18-4-1)55(47-23-11-15-37-13-7-9-21-45(37)47)43-29-25-39(26-30-43)53-33-34-54(50-49(53)35-51-36-52-50)40-27-31-44(32-28-40)56(42-19-5-2-6-20-42)48-24-12-16-38-14-8-10-22-46(38)48/h1-32,35-36H,33-34H2. The Labute approximate surface area is 326 Å². The van der Waals surface area contributed by atoms with Crippen molar-refractivity contribution >= 4 is 78.5 Å². The van der Waals surface area contributed by atoms with E-state index < -0.39 is 0 Å². The molecular formula is C50H38N6. The quantitative estimate of drug-likeness (QED) is 0.155. The van der Waals surface area contributed by atoms with Gasteiger partial charge in [0.05, 0.1) is 17.6 Å². The average molecular weight is 723 g/mol. The normalized spacial score (nSPS) is 12.4. The number of hydrogen-bond donors (Lipinski definition) is 0. The zero-order valence-corrected chi connectivity index (χ0v) is 30.7. The summed E-state index contributed by atoms with van der Waals surface area (Å²) in [5.74, 6) is 0.888. The van der Waals surface area contributed by atoms with Crippen LogP contribution in [0.2, 0.25) is 0 Å². The van der Waals surface area contributed by atoms with Gasteiger partial charge in [-0.1, -0.05) is 109 Å². The fourth-order valence-corrected chi connectivity index (χ4v) is 8.04. The van der Waals surface area contributed by atoms with E-state index in [9.17, 15) is 0 Å². The van der Waals surface area contributed by atoms with Gasteiger partial charge in [0.15, 0.2) is 5.82 Å². The number of hydrogen-bond acceptors (Lipinski definition) is 6. The van der Waals surface area contributed by atoms with Crippen molar-refractivity contribution in [1.29, 1.82) is 0 Å². The lowest BCUT2D eigenvalue weighted by Crippen LogP contribution is -2.37. The Hall–Kier alpha value is -7.44. The molecule has 1 aliphatic rings. The highest BCUT2D eigenvalue weighted by atomic mass is 15.3. The summed E-state index contributed by atoms with van der Waals surface area (Å²) in [5.41, 5.74) is 9.85. The summed E-state index contributed by atoms with van der Waals surface area (Å²) >= 11 is 0. The van der Waals surface area contributed by atoms with Crippen molar-refractivity contribution in [3.8, 4) is 0 Å². The fourth-order valence-electron chi connectivity index (χ4n) is 8.04. The summed E-state index contributed by atoms with van der Waals surface area (Å²) in [4.78, 5) is 18.6. The summed E-state index contributed by atoms with van der Waals surface area (Å²) in [6.45, 7) is 1.54. The predicted molar refractivity (Wildman–Crippen MR) is 233 cm³/mol. The van der Waals surface area contributed by atoms with E-state index in [2.05, 4.69) is 219 Å². The van der Waals surface area contributed by atoms with Gasteiger partial charge in [0.25, 0.3) is 0 Å². The van der Waals surface area contributed by atoms with Crippen LogP contribution < -0.4 is 19.6 Å². The summed E-state index contributed by atoms with van der Waals surface area (Å²) in [5, 5.41) is 4.84. The number of benzene rings is 8. The Morgan fingerprint density at radius 3 is 1.36 bits per heavy atom. The minimum absolute atomic E-state index is 0.767. The smallest absolute Gasteiger partial charge is 0.160 e. The van der Waals surface area contributed by atoms with Gasteiger partial charge in [-0.05, 0) is 95.7 Å². The van der Waals surface area contributed by atoms with Crippen LogP contribution in [0.5, 0.6) is 0 Å². The van der Waals surface area contributed by atoms with Crippen LogP contribution in [0.3, 0.4) is 0 Å². The maximum absolute atomic E-state index is 4.85. The van der Waals surface area contributed by atoms with Crippen molar-refractivity contribution in [2.75, 3.05) is 32.7 Å². The number of rotatable bonds is 8. The van der Waals surface area contributed by atoms with Crippen LogP contribution in [0.1, 0.15) is 0 Å². The third-order valence-corrected chi connectivity index (χ3v) is 10.6. The zero-order chi connectivity index (χ0) is 37.3. The van der Waals surface area contributed by atoms with Crippen LogP contribution in [0, 0.1) is 0 Å². The Kier molecular flexibility index (Phi) is 8.54. The molecule has 0 atom stereocenters.